The highest BCUT2D eigenvalue weighted by molar-refractivity contribution is 6.31. The molecule has 1 fully saturated rings. The molecule has 0 radical (unpaired) electrons. The van der Waals surface area contributed by atoms with Crippen LogP contribution in [0, 0.1) is 5.82 Å². The van der Waals surface area contributed by atoms with Gasteiger partial charge in [0.15, 0.2) is 5.82 Å². The van der Waals surface area contributed by atoms with Gasteiger partial charge in [0, 0.05) is 43.0 Å². The third kappa shape index (κ3) is 5.84. The number of hydrogen-bond donors (Lipinski definition) is 2. The molecular weight excluding hydrogens is 449 g/mol. The Morgan fingerprint density at radius 1 is 1.36 bits per heavy atom. The number of nitrogens with zero attached hydrogens (tertiary/aromatic N) is 5. The molecule has 9 nitrogen and oxygen atoms in total. The van der Waals surface area contributed by atoms with Gasteiger partial charge in [0.05, 0.1) is 18.8 Å². The van der Waals surface area contributed by atoms with E-state index in [1.54, 1.807) is 30.7 Å². The van der Waals surface area contributed by atoms with Crippen molar-refractivity contribution in [3.8, 4) is 5.82 Å². The van der Waals surface area contributed by atoms with Gasteiger partial charge in [0.2, 0.25) is 0 Å². The number of urea groups is 1. The molecule has 0 aliphatic carbocycles. The van der Waals surface area contributed by atoms with E-state index in [0.717, 1.165) is 5.56 Å². The Balaban J connectivity index is 1.40. The number of halogens is 2. The molecule has 11 heteroatoms. The normalized spacial score (nSPS) is 17.5. The third-order valence-electron chi connectivity index (χ3n) is 5.42. The van der Waals surface area contributed by atoms with Crippen LogP contribution in [0.15, 0.2) is 49.2 Å². The molecule has 1 saturated heterocycles. The molecule has 0 saturated carbocycles. The Labute approximate surface area is 195 Å². The van der Waals surface area contributed by atoms with Crippen LogP contribution in [0.25, 0.3) is 5.82 Å². The van der Waals surface area contributed by atoms with E-state index in [4.69, 9.17) is 16.3 Å². The van der Waals surface area contributed by atoms with Gasteiger partial charge in [-0.05, 0) is 36.8 Å². The first kappa shape index (κ1) is 23.1. The van der Waals surface area contributed by atoms with Crippen LogP contribution in [0.3, 0.4) is 0 Å². The van der Waals surface area contributed by atoms with Crippen LogP contribution < -0.4 is 10.6 Å². The van der Waals surface area contributed by atoms with Gasteiger partial charge in [-0.3, -0.25) is 4.90 Å². The van der Waals surface area contributed by atoms with Crippen LogP contribution in [-0.2, 0) is 11.3 Å². The topological polar surface area (TPSA) is 97.2 Å². The molecule has 1 aliphatic heterocycles. The zero-order chi connectivity index (χ0) is 23.2. The van der Waals surface area contributed by atoms with E-state index in [1.165, 1.54) is 17.1 Å². The average molecular weight is 474 g/mol. The quantitative estimate of drug-likeness (QED) is 0.547. The maximum Gasteiger partial charge on any atom is 0.315 e. The van der Waals surface area contributed by atoms with Crippen LogP contribution in [-0.4, -0.2) is 63.0 Å². The molecule has 2 atom stereocenters. The van der Waals surface area contributed by atoms with Gasteiger partial charge in [-0.15, -0.1) is 0 Å². The molecule has 1 aliphatic rings. The molecule has 2 amide bonds. The lowest BCUT2D eigenvalue weighted by Crippen LogP contribution is -2.48. The Kier molecular flexibility index (Phi) is 7.48. The van der Waals surface area contributed by atoms with Crippen molar-refractivity contribution in [1.29, 1.82) is 0 Å². The summed E-state index contributed by atoms with van der Waals surface area (Å²) in [4.78, 5) is 22.8. The number of morpholine rings is 1. The predicted molar refractivity (Wildman–Crippen MR) is 121 cm³/mol. The number of carbonyl (C=O) groups is 1. The van der Waals surface area contributed by atoms with Crippen molar-refractivity contribution in [2.75, 3.05) is 26.2 Å². The van der Waals surface area contributed by atoms with Crippen LogP contribution in [0.2, 0.25) is 5.02 Å². The van der Waals surface area contributed by atoms with E-state index < -0.39 is 11.9 Å². The Morgan fingerprint density at radius 2 is 2.24 bits per heavy atom. The Bertz CT molecular complexity index is 1060. The fourth-order valence-electron chi connectivity index (χ4n) is 3.83. The Morgan fingerprint density at radius 3 is 3.00 bits per heavy atom. The van der Waals surface area contributed by atoms with Crippen LogP contribution in [0.1, 0.15) is 24.1 Å². The molecule has 1 aromatic carbocycles. The lowest BCUT2D eigenvalue weighted by molar-refractivity contribution is -0.0345. The number of amides is 2. The lowest BCUT2D eigenvalue weighted by atomic mass is 10.0. The molecule has 174 valence electrons. The molecule has 0 spiro atoms. The van der Waals surface area contributed by atoms with E-state index in [-0.39, 0.29) is 25.2 Å². The van der Waals surface area contributed by atoms with Gasteiger partial charge in [-0.1, -0.05) is 17.7 Å². The zero-order valence-corrected chi connectivity index (χ0v) is 18.9. The number of rotatable bonds is 7. The summed E-state index contributed by atoms with van der Waals surface area (Å²) < 4.78 is 21.9. The minimum Gasteiger partial charge on any atom is -0.376 e. The molecule has 3 heterocycles. The highest BCUT2D eigenvalue weighted by atomic mass is 35.5. The number of aromatic nitrogens is 4. The van der Waals surface area contributed by atoms with Gasteiger partial charge in [-0.2, -0.15) is 5.10 Å². The SMILES string of the molecule is CC1CN(C(CNC(=O)NCc2ccnc(-n3cncn3)c2)c2c(F)cccc2Cl)CCO1. The molecule has 2 N–H and O–H groups in total. The smallest absolute Gasteiger partial charge is 0.315 e. The maximum atomic E-state index is 14.7. The van der Waals surface area contributed by atoms with Crippen molar-refractivity contribution in [3.63, 3.8) is 0 Å². The minimum atomic E-state index is -0.421. The average Bonchev–Trinajstić information content (AvgIpc) is 3.35. The molecule has 2 unspecified atom stereocenters. The first-order valence-corrected chi connectivity index (χ1v) is 11.0. The summed E-state index contributed by atoms with van der Waals surface area (Å²) in [5.41, 5.74) is 1.22. The third-order valence-corrected chi connectivity index (χ3v) is 5.75. The summed E-state index contributed by atoms with van der Waals surface area (Å²) in [5, 5.41) is 10.1. The van der Waals surface area contributed by atoms with Crippen LogP contribution in [0.4, 0.5) is 9.18 Å². The first-order valence-electron chi connectivity index (χ1n) is 10.6. The summed E-state index contributed by atoms with van der Waals surface area (Å²) >= 11 is 6.35. The second-order valence-electron chi connectivity index (χ2n) is 7.75. The monoisotopic (exact) mass is 473 g/mol. The molecule has 4 rings (SSSR count). The van der Waals surface area contributed by atoms with Crippen molar-refractivity contribution in [2.45, 2.75) is 25.6 Å². The lowest BCUT2D eigenvalue weighted by Gasteiger charge is -2.38. The van der Waals surface area contributed by atoms with Gasteiger partial charge < -0.3 is 15.4 Å². The first-order chi connectivity index (χ1) is 16.0. The summed E-state index contributed by atoms with van der Waals surface area (Å²) in [6, 6.07) is 7.44. The van der Waals surface area contributed by atoms with E-state index in [9.17, 15) is 9.18 Å². The number of carbonyl (C=O) groups excluding carboxylic acids is 1. The van der Waals surface area contributed by atoms with Crippen molar-refractivity contribution in [2.24, 2.45) is 0 Å². The molecular formula is C22H25ClFN7O2. The second-order valence-corrected chi connectivity index (χ2v) is 8.16. The molecule has 3 aromatic rings. The summed E-state index contributed by atoms with van der Waals surface area (Å²) in [6.45, 7) is 4.21. The van der Waals surface area contributed by atoms with E-state index in [1.807, 2.05) is 13.0 Å². The number of benzene rings is 1. The van der Waals surface area contributed by atoms with Crippen LogP contribution >= 0.6 is 11.6 Å². The van der Waals surface area contributed by atoms with Gasteiger partial charge in [-0.25, -0.2) is 23.8 Å². The second kappa shape index (κ2) is 10.7. The van der Waals surface area contributed by atoms with Crippen LogP contribution in [0.5, 0.6) is 0 Å². The fraction of sp³-hybridized carbons (Fsp3) is 0.364. The van der Waals surface area contributed by atoms with Crippen molar-refractivity contribution in [3.05, 3.63) is 71.2 Å². The highest BCUT2D eigenvalue weighted by Gasteiger charge is 2.29. The standard InChI is InChI=1S/C22H25ClFN7O2/c1-15-12-30(7-8-33-15)19(21-17(23)3-2-4-18(21)24)11-28-22(32)27-10-16-5-6-26-20(9-16)31-14-25-13-29-31/h2-6,9,13-15,19H,7-8,10-12H2,1H3,(H2,27,28,32). The van der Waals surface area contributed by atoms with Gasteiger partial charge in [0.25, 0.3) is 0 Å². The number of ether oxygens (including phenoxy) is 1. The number of pyridine rings is 1. The van der Waals surface area contributed by atoms with Crippen molar-refractivity contribution >= 4 is 17.6 Å². The van der Waals surface area contributed by atoms with E-state index >= 15 is 0 Å². The number of hydrogen-bond acceptors (Lipinski definition) is 6. The fourth-order valence-corrected chi connectivity index (χ4v) is 4.12. The maximum absolute atomic E-state index is 14.7. The summed E-state index contributed by atoms with van der Waals surface area (Å²) in [7, 11) is 0. The summed E-state index contributed by atoms with van der Waals surface area (Å²) in [6.07, 6.45) is 4.62. The number of nitrogens with one attached hydrogen (secondary N) is 2. The zero-order valence-electron chi connectivity index (χ0n) is 18.1. The molecule has 2 aromatic heterocycles. The Hall–Kier alpha value is -3.08. The summed E-state index contributed by atoms with van der Waals surface area (Å²) in [5.74, 6) is 0.203. The van der Waals surface area contributed by atoms with E-state index in [0.29, 0.717) is 36.1 Å². The minimum absolute atomic E-state index is 0.00602. The van der Waals surface area contributed by atoms with Crippen molar-refractivity contribution < 1.29 is 13.9 Å². The molecule has 33 heavy (non-hydrogen) atoms. The van der Waals surface area contributed by atoms with Gasteiger partial charge >= 0.3 is 6.03 Å². The molecule has 0 bridgehead atoms. The highest BCUT2D eigenvalue weighted by Crippen LogP contribution is 2.31. The predicted octanol–water partition coefficient (Wildman–Crippen LogP) is 2.72. The van der Waals surface area contributed by atoms with E-state index in [2.05, 4.69) is 30.6 Å². The van der Waals surface area contributed by atoms with Crippen molar-refractivity contribution in [1.82, 2.24) is 35.3 Å². The largest absolute Gasteiger partial charge is 0.376 e. The van der Waals surface area contributed by atoms with Gasteiger partial charge in [0.1, 0.15) is 18.5 Å².